The third-order valence-electron chi connectivity index (χ3n) is 7.38. The van der Waals surface area contributed by atoms with Crippen LogP contribution in [0.5, 0.6) is 0 Å². The summed E-state index contributed by atoms with van der Waals surface area (Å²) in [5.41, 5.74) is 8.27. The van der Waals surface area contributed by atoms with Crippen LogP contribution in [0.2, 0.25) is 19.6 Å². The Morgan fingerprint density at radius 3 is 2.31 bits per heavy atom. The zero-order valence-electron chi connectivity index (χ0n) is 18.9. The topological polar surface area (TPSA) is 0 Å². The zero-order chi connectivity index (χ0) is 20.6. The molecule has 2 aromatic carbocycles. The summed E-state index contributed by atoms with van der Waals surface area (Å²) in [7, 11) is -1.24. The van der Waals surface area contributed by atoms with Crippen LogP contribution in [0.1, 0.15) is 67.5 Å². The van der Waals surface area contributed by atoms with Crippen LogP contribution in [0.25, 0.3) is 17.2 Å². The standard InChI is InChI=1S/C27H35Si.Zn/c1-5-15-27(16-6-7-17-27)20-21-18-23-9-8-10-25(26(23)19-21)22-11-13-24(14-12-22)28(2,3)4;/h8-14,18-19H,5-7,15-17,20H2,1-4H3;. The van der Waals surface area contributed by atoms with E-state index >= 15 is 0 Å². The van der Waals surface area contributed by atoms with Crippen LogP contribution in [0, 0.1) is 5.41 Å². The first kappa shape index (κ1) is 21.3. The number of hydrogen-bond donors (Lipinski definition) is 0. The van der Waals surface area contributed by atoms with E-state index in [2.05, 4.69) is 75.1 Å². The van der Waals surface area contributed by atoms with Crippen molar-refractivity contribution in [1.29, 1.82) is 0 Å². The first-order chi connectivity index (χ1) is 13.8. The normalized spacial score (nSPS) is 20.6. The molecule has 0 aliphatic heterocycles. The molecule has 0 saturated heterocycles. The van der Waals surface area contributed by atoms with Crippen molar-refractivity contribution in [3.63, 3.8) is 0 Å². The molecule has 1 saturated carbocycles. The van der Waals surface area contributed by atoms with Gasteiger partial charge in [0.2, 0.25) is 0 Å². The zero-order valence-corrected chi connectivity index (χ0v) is 22.8. The molecule has 0 radical (unpaired) electrons. The molecule has 1 atom stereocenters. The molecule has 2 heteroatoms. The van der Waals surface area contributed by atoms with E-state index in [1.165, 1.54) is 79.9 Å². The van der Waals surface area contributed by atoms with E-state index in [-0.39, 0.29) is 0 Å². The minimum absolute atomic E-state index is 0.599. The Kier molecular flexibility index (Phi) is 6.07. The average Bonchev–Trinajstić information content (AvgIpc) is 3.27. The minimum atomic E-state index is -1.24. The molecule has 4 rings (SSSR count). The molecule has 0 heterocycles. The van der Waals surface area contributed by atoms with Crippen molar-refractivity contribution < 1.29 is 18.3 Å². The van der Waals surface area contributed by atoms with Crippen LogP contribution in [-0.4, -0.2) is 8.07 Å². The second-order valence-corrected chi connectivity index (χ2v) is 17.3. The van der Waals surface area contributed by atoms with Crippen molar-refractivity contribution in [1.82, 2.24) is 0 Å². The Morgan fingerprint density at radius 2 is 1.69 bits per heavy atom. The molecule has 0 N–H and O–H groups in total. The van der Waals surface area contributed by atoms with Crippen LogP contribution >= 0.6 is 0 Å². The summed E-state index contributed by atoms with van der Waals surface area (Å²) < 4.78 is 0.695. The maximum atomic E-state index is 2.60. The maximum absolute atomic E-state index is 2.60. The number of rotatable bonds is 6. The van der Waals surface area contributed by atoms with E-state index in [1.54, 1.807) is 16.3 Å². The summed E-state index contributed by atoms with van der Waals surface area (Å²) in [6.07, 6.45) is 12.5. The van der Waals surface area contributed by atoms with Crippen LogP contribution < -0.4 is 5.19 Å². The first-order valence-electron chi connectivity index (χ1n) is 11.6. The molecule has 1 fully saturated rings. The van der Waals surface area contributed by atoms with Gasteiger partial charge in [0.1, 0.15) is 0 Å². The van der Waals surface area contributed by atoms with Crippen molar-refractivity contribution in [2.45, 2.75) is 76.0 Å². The Balaban J connectivity index is 1.67. The summed E-state index contributed by atoms with van der Waals surface area (Å²) in [5.74, 6) is 0. The molecule has 0 amide bonds. The van der Waals surface area contributed by atoms with Gasteiger partial charge in [0.05, 0.1) is 0 Å². The molecule has 0 aromatic heterocycles. The van der Waals surface area contributed by atoms with E-state index in [9.17, 15) is 0 Å². The fourth-order valence-corrected chi connectivity index (χ4v) is 8.18. The third-order valence-corrected chi connectivity index (χ3v) is 11.5. The summed E-state index contributed by atoms with van der Waals surface area (Å²) in [4.78, 5) is 0. The molecule has 2 aliphatic rings. The average molecular weight is 453 g/mol. The predicted molar refractivity (Wildman–Crippen MR) is 126 cm³/mol. The van der Waals surface area contributed by atoms with Crippen LogP contribution in [-0.2, 0) is 18.3 Å². The van der Waals surface area contributed by atoms with Crippen molar-refractivity contribution in [2.24, 2.45) is 5.41 Å². The van der Waals surface area contributed by atoms with Gasteiger partial charge >= 0.3 is 189 Å². The second kappa shape index (κ2) is 8.27. The van der Waals surface area contributed by atoms with Gasteiger partial charge in [-0.05, 0) is 0 Å². The Labute approximate surface area is 188 Å². The number of benzene rings is 2. The predicted octanol–water partition coefficient (Wildman–Crippen LogP) is 7.63. The van der Waals surface area contributed by atoms with E-state index in [1.807, 2.05) is 0 Å². The van der Waals surface area contributed by atoms with Gasteiger partial charge in [0.15, 0.2) is 0 Å². The van der Waals surface area contributed by atoms with Gasteiger partial charge in [-0.2, -0.15) is 0 Å². The van der Waals surface area contributed by atoms with E-state index < -0.39 is 8.07 Å². The van der Waals surface area contributed by atoms with E-state index in [0.29, 0.717) is 9.93 Å². The van der Waals surface area contributed by atoms with Crippen LogP contribution in [0.4, 0.5) is 0 Å². The molecule has 0 spiro atoms. The Bertz CT molecular complexity index is 895. The monoisotopic (exact) mass is 451 g/mol. The molecule has 0 nitrogen and oxygen atoms in total. The van der Waals surface area contributed by atoms with Gasteiger partial charge in [0.25, 0.3) is 0 Å². The van der Waals surface area contributed by atoms with E-state index in [0.717, 1.165) is 0 Å². The van der Waals surface area contributed by atoms with Gasteiger partial charge in [-0.15, -0.1) is 0 Å². The van der Waals surface area contributed by atoms with E-state index in [4.69, 9.17) is 0 Å². The van der Waals surface area contributed by atoms with Crippen molar-refractivity contribution >= 4 is 19.3 Å². The van der Waals surface area contributed by atoms with Gasteiger partial charge in [-0.1, -0.05) is 0 Å². The quantitative estimate of drug-likeness (QED) is 0.395. The first-order valence-corrected chi connectivity index (χ1v) is 16.8. The SMILES string of the molecule is CCCC1(CC2=Cc3c(-c4ccc([Si](C)(C)C)cc4)cccc3[CH]2[Zn])CCCC1. The number of fused-ring (bicyclic) bond motifs is 1. The van der Waals surface area contributed by atoms with Gasteiger partial charge in [0, 0.05) is 0 Å². The summed E-state index contributed by atoms with van der Waals surface area (Å²) in [6, 6.07) is 16.5. The Morgan fingerprint density at radius 1 is 1.00 bits per heavy atom. The molecule has 149 valence electrons. The number of allylic oxidation sites excluding steroid dienone is 1. The third kappa shape index (κ3) is 4.26. The summed E-state index contributed by atoms with van der Waals surface area (Å²) in [5, 5.41) is 1.55. The molecular weight excluding hydrogens is 418 g/mol. The molecule has 29 heavy (non-hydrogen) atoms. The fraction of sp³-hybridized carbons (Fsp3) is 0.481. The van der Waals surface area contributed by atoms with Crippen molar-refractivity contribution in [3.8, 4) is 11.1 Å². The fourth-order valence-electron chi connectivity index (χ4n) is 5.71. The van der Waals surface area contributed by atoms with Crippen LogP contribution in [0.3, 0.4) is 0 Å². The van der Waals surface area contributed by atoms with Crippen molar-refractivity contribution in [3.05, 3.63) is 59.2 Å². The van der Waals surface area contributed by atoms with Gasteiger partial charge < -0.3 is 0 Å². The molecule has 0 bridgehead atoms. The Hall–Kier alpha value is -0.980. The molecular formula is C27H35SiZn. The molecule has 2 aromatic rings. The molecule has 1 unspecified atom stereocenters. The molecule has 2 aliphatic carbocycles. The van der Waals surface area contributed by atoms with Gasteiger partial charge in [-0.3, -0.25) is 0 Å². The summed E-state index contributed by atoms with van der Waals surface area (Å²) >= 11 is 1.35. The second-order valence-electron chi connectivity index (χ2n) is 10.5. The van der Waals surface area contributed by atoms with Crippen LogP contribution in [0.15, 0.2) is 48.0 Å². The van der Waals surface area contributed by atoms with Gasteiger partial charge in [-0.25, -0.2) is 0 Å². The summed E-state index contributed by atoms with van der Waals surface area (Å²) in [6.45, 7) is 9.66. The number of hydrogen-bond acceptors (Lipinski definition) is 0. The van der Waals surface area contributed by atoms with Crippen molar-refractivity contribution in [2.75, 3.05) is 0 Å².